The Labute approximate surface area is 164 Å². The van der Waals surface area contributed by atoms with Gasteiger partial charge in [0.2, 0.25) is 10.0 Å². The Hall–Kier alpha value is -1.81. The molecule has 1 fully saturated rings. The number of hydrogen-bond acceptors (Lipinski definition) is 3. The van der Waals surface area contributed by atoms with Crippen LogP contribution in [0, 0.1) is 0 Å². The molecule has 0 aliphatic carbocycles. The van der Waals surface area contributed by atoms with Crippen molar-refractivity contribution in [1.82, 2.24) is 14.9 Å². The molecule has 1 aliphatic rings. The van der Waals surface area contributed by atoms with Gasteiger partial charge in [0.1, 0.15) is 0 Å². The van der Waals surface area contributed by atoms with Crippen LogP contribution in [0.5, 0.6) is 0 Å². The molecule has 0 unspecified atom stereocenters. The summed E-state index contributed by atoms with van der Waals surface area (Å²) in [5, 5.41) is 5.53. The van der Waals surface area contributed by atoms with E-state index in [4.69, 9.17) is 0 Å². The Morgan fingerprint density at radius 1 is 1.11 bits per heavy atom. The average Bonchev–Trinajstić information content (AvgIpc) is 2.66. The molecule has 0 bridgehead atoms. The monoisotopic (exact) mass is 420 g/mol. The lowest BCUT2D eigenvalue weighted by Gasteiger charge is -2.25. The van der Waals surface area contributed by atoms with Crippen molar-refractivity contribution in [3.05, 3.63) is 29.8 Å². The van der Waals surface area contributed by atoms with Crippen LogP contribution in [0.3, 0.4) is 0 Å². The van der Waals surface area contributed by atoms with Crippen LogP contribution in [0.1, 0.15) is 38.2 Å². The quantitative estimate of drug-likeness (QED) is 0.526. The first kappa shape index (κ1) is 22.5. The number of guanidine groups is 1. The summed E-state index contributed by atoms with van der Waals surface area (Å²) >= 11 is 0. The molecule has 1 saturated heterocycles. The number of piperidine rings is 1. The highest BCUT2D eigenvalue weighted by molar-refractivity contribution is 7.89. The lowest BCUT2D eigenvalue weighted by atomic mass is 10.2. The maximum Gasteiger partial charge on any atom is 0.390 e. The molecule has 1 heterocycles. The van der Waals surface area contributed by atoms with Crippen molar-refractivity contribution < 1.29 is 21.6 Å². The van der Waals surface area contributed by atoms with E-state index in [-0.39, 0.29) is 23.9 Å². The fourth-order valence-electron chi connectivity index (χ4n) is 2.86. The summed E-state index contributed by atoms with van der Waals surface area (Å²) in [7, 11) is -3.48. The maximum absolute atomic E-state index is 12.6. The van der Waals surface area contributed by atoms with Gasteiger partial charge in [0.25, 0.3) is 0 Å². The van der Waals surface area contributed by atoms with Crippen LogP contribution in [0.25, 0.3) is 0 Å². The third-order valence-electron chi connectivity index (χ3n) is 4.34. The van der Waals surface area contributed by atoms with Crippen LogP contribution in [0.15, 0.2) is 34.2 Å². The highest BCUT2D eigenvalue weighted by Crippen LogP contribution is 2.21. The van der Waals surface area contributed by atoms with Gasteiger partial charge in [-0.2, -0.15) is 17.5 Å². The number of halogens is 3. The largest absolute Gasteiger partial charge is 0.390 e. The van der Waals surface area contributed by atoms with Crippen molar-refractivity contribution in [2.75, 3.05) is 26.2 Å². The third-order valence-corrected chi connectivity index (χ3v) is 6.25. The van der Waals surface area contributed by atoms with Gasteiger partial charge in [-0.1, -0.05) is 18.6 Å². The van der Waals surface area contributed by atoms with E-state index >= 15 is 0 Å². The van der Waals surface area contributed by atoms with Gasteiger partial charge in [0, 0.05) is 26.2 Å². The molecule has 0 spiro atoms. The minimum absolute atomic E-state index is 0.228. The highest BCUT2D eigenvalue weighted by atomic mass is 32.2. The van der Waals surface area contributed by atoms with Crippen molar-refractivity contribution >= 4 is 16.0 Å². The Morgan fingerprint density at radius 2 is 1.75 bits per heavy atom. The summed E-state index contributed by atoms with van der Waals surface area (Å²) in [5.74, 6) is 0.289. The lowest BCUT2D eigenvalue weighted by Crippen LogP contribution is -2.38. The van der Waals surface area contributed by atoms with Crippen molar-refractivity contribution in [2.24, 2.45) is 4.99 Å². The SMILES string of the molecule is CCNC(=NCc1ccc(S(=O)(=O)N2CCCCC2)cc1)NCCC(F)(F)F. The molecule has 0 atom stereocenters. The predicted molar refractivity (Wildman–Crippen MR) is 103 cm³/mol. The van der Waals surface area contributed by atoms with Crippen LogP contribution < -0.4 is 10.6 Å². The molecule has 1 aromatic rings. The zero-order valence-electron chi connectivity index (χ0n) is 15.9. The normalized spacial score (nSPS) is 16.8. The average molecular weight is 421 g/mol. The predicted octanol–water partition coefficient (Wildman–Crippen LogP) is 2.87. The van der Waals surface area contributed by atoms with Crippen molar-refractivity contribution in [1.29, 1.82) is 0 Å². The minimum Gasteiger partial charge on any atom is -0.357 e. The number of alkyl halides is 3. The van der Waals surface area contributed by atoms with Crippen LogP contribution >= 0.6 is 0 Å². The lowest BCUT2D eigenvalue weighted by molar-refractivity contribution is -0.132. The van der Waals surface area contributed by atoms with Crippen LogP contribution in [-0.2, 0) is 16.6 Å². The van der Waals surface area contributed by atoms with Gasteiger partial charge < -0.3 is 10.6 Å². The molecule has 0 saturated carbocycles. The molecule has 6 nitrogen and oxygen atoms in total. The van der Waals surface area contributed by atoms with Crippen LogP contribution in [-0.4, -0.2) is 51.0 Å². The molecule has 0 amide bonds. The molecular formula is C18H27F3N4O2S. The summed E-state index contributed by atoms with van der Waals surface area (Å²) in [6.45, 7) is 3.40. The van der Waals surface area contributed by atoms with E-state index in [2.05, 4.69) is 15.6 Å². The van der Waals surface area contributed by atoms with E-state index in [0.717, 1.165) is 24.8 Å². The van der Waals surface area contributed by atoms with Gasteiger partial charge in [0.05, 0.1) is 17.9 Å². The number of sulfonamides is 1. The van der Waals surface area contributed by atoms with Gasteiger partial charge in [-0.15, -0.1) is 0 Å². The number of hydrogen-bond donors (Lipinski definition) is 2. The second-order valence-electron chi connectivity index (χ2n) is 6.60. The summed E-state index contributed by atoms with van der Waals surface area (Å²) in [5.41, 5.74) is 0.769. The van der Waals surface area contributed by atoms with Crippen molar-refractivity contribution in [2.45, 2.75) is 50.2 Å². The first-order valence-corrected chi connectivity index (χ1v) is 10.8. The van der Waals surface area contributed by atoms with Gasteiger partial charge >= 0.3 is 6.18 Å². The molecule has 1 aliphatic heterocycles. The Kier molecular flexibility index (Phi) is 8.11. The highest BCUT2D eigenvalue weighted by Gasteiger charge is 2.26. The fraction of sp³-hybridized carbons (Fsp3) is 0.611. The third kappa shape index (κ3) is 6.97. The first-order valence-electron chi connectivity index (χ1n) is 9.40. The molecule has 0 radical (unpaired) electrons. The molecule has 0 aromatic heterocycles. The van der Waals surface area contributed by atoms with Gasteiger partial charge in [0.15, 0.2) is 5.96 Å². The van der Waals surface area contributed by atoms with E-state index < -0.39 is 22.6 Å². The van der Waals surface area contributed by atoms with E-state index in [9.17, 15) is 21.6 Å². The fourth-order valence-corrected chi connectivity index (χ4v) is 4.37. The zero-order chi connectivity index (χ0) is 20.6. The second kappa shape index (κ2) is 10.1. The molecule has 158 valence electrons. The van der Waals surface area contributed by atoms with E-state index in [1.165, 1.54) is 4.31 Å². The standard InChI is InChI=1S/C18H27F3N4O2S/c1-2-22-17(23-11-10-18(19,20)21)24-14-15-6-8-16(9-7-15)28(26,27)25-12-4-3-5-13-25/h6-9H,2-5,10-14H2,1H3,(H2,22,23,24). The number of nitrogens with one attached hydrogen (secondary N) is 2. The molecule has 10 heteroatoms. The number of aliphatic imine (C=N–C) groups is 1. The summed E-state index contributed by atoms with van der Waals surface area (Å²) in [6, 6.07) is 6.47. The maximum atomic E-state index is 12.6. The Bertz CT molecular complexity index is 743. The van der Waals surface area contributed by atoms with Crippen LogP contribution in [0.2, 0.25) is 0 Å². The first-order chi connectivity index (χ1) is 13.2. The summed E-state index contributed by atoms with van der Waals surface area (Å²) in [6.07, 6.45) is -2.37. The number of benzene rings is 1. The molecular weight excluding hydrogens is 393 g/mol. The van der Waals surface area contributed by atoms with Crippen LogP contribution in [0.4, 0.5) is 13.2 Å². The zero-order valence-corrected chi connectivity index (χ0v) is 16.7. The molecule has 28 heavy (non-hydrogen) atoms. The number of rotatable bonds is 7. The minimum atomic E-state index is -4.22. The van der Waals surface area contributed by atoms with Gasteiger partial charge in [-0.05, 0) is 37.5 Å². The smallest absolute Gasteiger partial charge is 0.357 e. The van der Waals surface area contributed by atoms with E-state index in [0.29, 0.717) is 19.6 Å². The van der Waals surface area contributed by atoms with Gasteiger partial charge in [-0.3, -0.25) is 0 Å². The Morgan fingerprint density at radius 3 is 2.32 bits per heavy atom. The topological polar surface area (TPSA) is 73.8 Å². The summed E-state index contributed by atoms with van der Waals surface area (Å²) < 4.78 is 63.6. The van der Waals surface area contributed by atoms with Gasteiger partial charge in [-0.25, -0.2) is 13.4 Å². The molecule has 2 N–H and O–H groups in total. The second-order valence-corrected chi connectivity index (χ2v) is 8.53. The van der Waals surface area contributed by atoms with E-state index in [1.807, 2.05) is 6.92 Å². The van der Waals surface area contributed by atoms with Crippen molar-refractivity contribution in [3.8, 4) is 0 Å². The van der Waals surface area contributed by atoms with E-state index in [1.54, 1.807) is 24.3 Å². The van der Waals surface area contributed by atoms with Crippen molar-refractivity contribution in [3.63, 3.8) is 0 Å². The molecule has 1 aromatic carbocycles. The Balaban J connectivity index is 1.98. The summed E-state index contributed by atoms with van der Waals surface area (Å²) in [4.78, 5) is 4.50. The molecule has 2 rings (SSSR count). The number of nitrogens with zero attached hydrogens (tertiary/aromatic N) is 2.